The van der Waals surface area contributed by atoms with Crippen LogP contribution in [0.5, 0.6) is 0 Å². The fourth-order valence-corrected chi connectivity index (χ4v) is 1.10. The van der Waals surface area contributed by atoms with E-state index in [2.05, 4.69) is 0 Å². The van der Waals surface area contributed by atoms with Crippen LogP contribution in [0.1, 0.15) is 13.3 Å². The number of likely N-dealkylation sites (tertiary alicyclic amines) is 1. The molecule has 0 bridgehead atoms. The molecule has 2 atom stereocenters. The number of likely N-dealkylation sites (N-methyl/N-ethyl adjacent to an activating group) is 1. The minimum Gasteiger partial charge on any atom is -0.480 e. The predicted molar refractivity (Wildman–Crippen MR) is 33.3 cm³/mol. The molecule has 1 fully saturated rings. The first kappa shape index (κ1) is 6.55. The molecule has 1 aliphatic rings. The van der Waals surface area contributed by atoms with Crippen LogP contribution in [-0.2, 0) is 4.79 Å². The van der Waals surface area contributed by atoms with E-state index >= 15 is 0 Å². The molecule has 0 radical (unpaired) electrons. The third-order valence-corrected chi connectivity index (χ3v) is 2.04. The summed E-state index contributed by atoms with van der Waals surface area (Å²) >= 11 is 0. The Kier molecular flexibility index (Phi) is 1.45. The van der Waals surface area contributed by atoms with Crippen LogP contribution in [0.4, 0.5) is 0 Å². The number of hydrogen-bond acceptors (Lipinski definition) is 2. The molecule has 52 valence electrons. The maximum Gasteiger partial charge on any atom is 0.320 e. The van der Waals surface area contributed by atoms with Crippen molar-refractivity contribution in [3.05, 3.63) is 0 Å². The number of rotatable bonds is 1. The van der Waals surface area contributed by atoms with Crippen molar-refractivity contribution < 1.29 is 9.90 Å². The van der Waals surface area contributed by atoms with E-state index in [9.17, 15) is 4.79 Å². The minimum absolute atomic E-state index is 0.222. The molecule has 1 N–H and O–H groups in total. The Balaban J connectivity index is 2.42. The fourth-order valence-electron chi connectivity index (χ4n) is 1.10. The normalized spacial score (nSPS) is 35.8. The highest BCUT2D eigenvalue weighted by Gasteiger charge is 2.36. The van der Waals surface area contributed by atoms with Crippen molar-refractivity contribution >= 4 is 5.97 Å². The van der Waals surface area contributed by atoms with Crippen LogP contribution in [0.3, 0.4) is 0 Å². The zero-order valence-corrected chi connectivity index (χ0v) is 5.66. The van der Waals surface area contributed by atoms with Gasteiger partial charge in [0.2, 0.25) is 0 Å². The Bertz CT molecular complexity index is 135. The number of hydrogen-bond donors (Lipinski definition) is 1. The maximum atomic E-state index is 10.3. The van der Waals surface area contributed by atoms with Crippen LogP contribution >= 0.6 is 0 Å². The van der Waals surface area contributed by atoms with Gasteiger partial charge in [0.05, 0.1) is 0 Å². The number of carbonyl (C=O) groups is 1. The molecule has 0 aromatic rings. The average molecular weight is 129 g/mol. The van der Waals surface area contributed by atoms with Crippen molar-refractivity contribution in [2.45, 2.75) is 25.4 Å². The molecule has 2 unspecified atom stereocenters. The van der Waals surface area contributed by atoms with Crippen molar-refractivity contribution in [2.24, 2.45) is 0 Å². The average Bonchev–Trinajstić information content (AvgIpc) is 1.81. The van der Waals surface area contributed by atoms with Gasteiger partial charge >= 0.3 is 5.97 Å². The van der Waals surface area contributed by atoms with Crippen molar-refractivity contribution in [3.63, 3.8) is 0 Å². The van der Waals surface area contributed by atoms with Gasteiger partial charge in [-0.25, -0.2) is 0 Å². The molecule has 0 spiro atoms. The number of carboxylic acid groups (broad SMARTS) is 1. The Morgan fingerprint density at radius 2 is 2.33 bits per heavy atom. The first-order valence-corrected chi connectivity index (χ1v) is 3.07. The van der Waals surface area contributed by atoms with Crippen LogP contribution in [0.15, 0.2) is 0 Å². The van der Waals surface area contributed by atoms with Crippen molar-refractivity contribution in [3.8, 4) is 0 Å². The lowest BCUT2D eigenvalue weighted by Crippen LogP contribution is -2.55. The van der Waals surface area contributed by atoms with Gasteiger partial charge in [0, 0.05) is 6.04 Å². The van der Waals surface area contributed by atoms with E-state index in [0.29, 0.717) is 6.04 Å². The number of carboxylic acids is 1. The summed E-state index contributed by atoms with van der Waals surface area (Å²) in [7, 11) is 1.84. The first-order valence-electron chi connectivity index (χ1n) is 3.07. The fraction of sp³-hybridized carbons (Fsp3) is 0.833. The zero-order valence-electron chi connectivity index (χ0n) is 5.66. The van der Waals surface area contributed by atoms with Crippen LogP contribution in [0.2, 0.25) is 0 Å². The monoisotopic (exact) mass is 129 g/mol. The van der Waals surface area contributed by atoms with Gasteiger partial charge in [-0.15, -0.1) is 0 Å². The Morgan fingerprint density at radius 3 is 2.44 bits per heavy atom. The quantitative estimate of drug-likeness (QED) is 0.548. The van der Waals surface area contributed by atoms with Gasteiger partial charge in [-0.1, -0.05) is 0 Å². The highest BCUT2D eigenvalue weighted by Crippen LogP contribution is 2.22. The van der Waals surface area contributed by atoms with Crippen molar-refractivity contribution in [2.75, 3.05) is 7.05 Å². The Labute approximate surface area is 54.3 Å². The van der Waals surface area contributed by atoms with E-state index in [1.54, 1.807) is 0 Å². The number of aliphatic carboxylic acids is 1. The van der Waals surface area contributed by atoms with Gasteiger partial charge < -0.3 is 5.11 Å². The smallest absolute Gasteiger partial charge is 0.320 e. The molecule has 1 aliphatic heterocycles. The summed E-state index contributed by atoms with van der Waals surface area (Å²) in [6, 6.07) is 0.228. The predicted octanol–water partition coefficient (Wildman–Crippen LogP) is 0.164. The lowest BCUT2D eigenvalue weighted by atomic mass is 9.96. The number of nitrogens with zero attached hydrogens (tertiary/aromatic N) is 1. The molecule has 0 saturated carbocycles. The summed E-state index contributed by atoms with van der Waals surface area (Å²) in [5.41, 5.74) is 0. The van der Waals surface area contributed by atoms with Crippen LogP contribution in [0.25, 0.3) is 0 Å². The Hall–Kier alpha value is -0.570. The van der Waals surface area contributed by atoms with E-state index in [1.807, 2.05) is 18.9 Å². The SMILES string of the molecule is CC1CC(C(=O)O)N1C. The second kappa shape index (κ2) is 1.99. The van der Waals surface area contributed by atoms with E-state index in [0.717, 1.165) is 6.42 Å². The molecule has 1 rings (SSSR count). The molecule has 0 aromatic heterocycles. The molecular weight excluding hydrogens is 118 g/mol. The second-order valence-electron chi connectivity index (χ2n) is 2.60. The lowest BCUT2D eigenvalue weighted by Gasteiger charge is -2.41. The first-order chi connectivity index (χ1) is 4.13. The zero-order chi connectivity index (χ0) is 7.02. The van der Waals surface area contributed by atoms with Gasteiger partial charge in [0.1, 0.15) is 6.04 Å². The summed E-state index contributed by atoms with van der Waals surface area (Å²) in [6.45, 7) is 2.03. The van der Waals surface area contributed by atoms with Gasteiger partial charge in [0.15, 0.2) is 0 Å². The lowest BCUT2D eigenvalue weighted by molar-refractivity contribution is -0.149. The van der Waals surface area contributed by atoms with Gasteiger partial charge in [0.25, 0.3) is 0 Å². The molecule has 1 heterocycles. The van der Waals surface area contributed by atoms with Crippen molar-refractivity contribution in [1.82, 2.24) is 4.90 Å². The summed E-state index contributed by atoms with van der Waals surface area (Å²) < 4.78 is 0. The molecule has 1 saturated heterocycles. The van der Waals surface area contributed by atoms with Crippen LogP contribution < -0.4 is 0 Å². The summed E-state index contributed by atoms with van der Waals surface area (Å²) in [6.07, 6.45) is 0.797. The van der Waals surface area contributed by atoms with Crippen LogP contribution in [-0.4, -0.2) is 35.1 Å². The Morgan fingerprint density at radius 1 is 1.78 bits per heavy atom. The van der Waals surface area contributed by atoms with Gasteiger partial charge in [-0.2, -0.15) is 0 Å². The molecule has 0 aliphatic carbocycles. The molecule has 9 heavy (non-hydrogen) atoms. The second-order valence-corrected chi connectivity index (χ2v) is 2.60. The maximum absolute atomic E-state index is 10.3. The summed E-state index contributed by atoms with van der Waals surface area (Å²) in [5.74, 6) is -0.699. The highest BCUT2D eigenvalue weighted by molar-refractivity contribution is 5.74. The summed E-state index contributed by atoms with van der Waals surface area (Å²) in [5, 5.41) is 8.48. The van der Waals surface area contributed by atoms with Gasteiger partial charge in [-0.05, 0) is 20.4 Å². The third-order valence-electron chi connectivity index (χ3n) is 2.04. The highest BCUT2D eigenvalue weighted by atomic mass is 16.4. The molecule has 0 aromatic carbocycles. The van der Waals surface area contributed by atoms with E-state index in [1.165, 1.54) is 0 Å². The van der Waals surface area contributed by atoms with Crippen molar-refractivity contribution in [1.29, 1.82) is 0 Å². The molecule has 3 heteroatoms. The van der Waals surface area contributed by atoms with E-state index in [-0.39, 0.29) is 6.04 Å². The topological polar surface area (TPSA) is 40.5 Å². The third kappa shape index (κ3) is 0.920. The minimum atomic E-state index is -0.699. The van der Waals surface area contributed by atoms with Gasteiger partial charge in [-0.3, -0.25) is 9.69 Å². The van der Waals surface area contributed by atoms with E-state index in [4.69, 9.17) is 5.11 Å². The molecular formula is C6H11NO2. The summed E-state index contributed by atoms with van der Waals surface area (Å²) in [4.78, 5) is 12.2. The van der Waals surface area contributed by atoms with E-state index < -0.39 is 5.97 Å². The van der Waals surface area contributed by atoms with Crippen LogP contribution in [0, 0.1) is 0 Å². The largest absolute Gasteiger partial charge is 0.480 e. The molecule has 0 amide bonds. The standard InChI is InChI=1S/C6H11NO2/c1-4-3-5(6(8)9)7(4)2/h4-5H,3H2,1-2H3,(H,8,9). The molecule has 3 nitrogen and oxygen atoms in total.